The fraction of sp³-hybridized carbons (Fsp3) is 0.231. The molecule has 1 amide bonds. The number of nitrogens with one attached hydrogen (secondary N) is 1. The Morgan fingerprint density at radius 3 is 2.44 bits per heavy atom. The number of anilines is 2. The smallest absolute Gasteiger partial charge is 0.291 e. The number of carbonyl (C=O) groups is 1. The Balaban J connectivity index is 2.10. The van der Waals surface area contributed by atoms with E-state index in [0.717, 1.165) is 11.4 Å². The summed E-state index contributed by atoms with van der Waals surface area (Å²) >= 11 is 0. The van der Waals surface area contributed by atoms with Gasteiger partial charge in [-0.25, -0.2) is 4.98 Å². The lowest BCUT2D eigenvalue weighted by molar-refractivity contribution is 0.101. The molecule has 0 aliphatic carbocycles. The molecule has 2 rings (SSSR count). The van der Waals surface area contributed by atoms with Crippen LogP contribution in [0.3, 0.4) is 0 Å². The molecule has 1 aromatic heterocycles. The first-order valence-electron chi connectivity index (χ1n) is 5.64. The van der Waals surface area contributed by atoms with Crippen molar-refractivity contribution in [3.8, 4) is 0 Å². The maximum absolute atomic E-state index is 11.9. The van der Waals surface area contributed by atoms with Crippen LogP contribution in [0.25, 0.3) is 0 Å². The van der Waals surface area contributed by atoms with Crippen LogP contribution in [-0.2, 0) is 7.05 Å². The van der Waals surface area contributed by atoms with Crippen molar-refractivity contribution in [2.75, 3.05) is 24.3 Å². The van der Waals surface area contributed by atoms with Crippen LogP contribution < -0.4 is 10.2 Å². The van der Waals surface area contributed by atoms with Crippen LogP contribution in [0.2, 0.25) is 0 Å². The molecule has 18 heavy (non-hydrogen) atoms. The lowest BCUT2D eigenvalue weighted by Crippen LogP contribution is -2.16. The molecule has 0 saturated heterocycles. The average Bonchev–Trinajstić information content (AvgIpc) is 2.76. The number of nitrogens with zero attached hydrogens (tertiary/aromatic N) is 3. The monoisotopic (exact) mass is 244 g/mol. The van der Waals surface area contributed by atoms with E-state index in [1.807, 2.05) is 43.3 Å². The Kier molecular flexibility index (Phi) is 3.32. The predicted molar refractivity (Wildman–Crippen MR) is 71.9 cm³/mol. The fourth-order valence-electron chi connectivity index (χ4n) is 1.61. The van der Waals surface area contributed by atoms with Gasteiger partial charge in [-0.3, -0.25) is 4.79 Å². The lowest BCUT2D eigenvalue weighted by Gasteiger charge is -2.12. The van der Waals surface area contributed by atoms with E-state index in [9.17, 15) is 4.79 Å². The van der Waals surface area contributed by atoms with Gasteiger partial charge in [-0.1, -0.05) is 0 Å². The number of hydrogen-bond donors (Lipinski definition) is 1. The largest absolute Gasteiger partial charge is 0.378 e. The molecular weight excluding hydrogens is 228 g/mol. The molecule has 0 fully saturated rings. The van der Waals surface area contributed by atoms with Crippen LogP contribution in [0.1, 0.15) is 10.6 Å². The number of rotatable bonds is 3. The highest BCUT2D eigenvalue weighted by Crippen LogP contribution is 2.16. The van der Waals surface area contributed by atoms with E-state index in [1.165, 1.54) is 0 Å². The molecule has 5 nitrogen and oxygen atoms in total. The normalized spacial score (nSPS) is 10.2. The zero-order chi connectivity index (χ0) is 13.1. The number of imidazole rings is 1. The highest BCUT2D eigenvalue weighted by molar-refractivity contribution is 6.01. The highest BCUT2D eigenvalue weighted by atomic mass is 16.2. The Morgan fingerprint density at radius 1 is 1.28 bits per heavy atom. The number of aryl methyl sites for hydroxylation is 1. The van der Waals surface area contributed by atoms with Crippen LogP contribution in [0.5, 0.6) is 0 Å². The summed E-state index contributed by atoms with van der Waals surface area (Å²) in [5.41, 5.74) is 1.85. The zero-order valence-electron chi connectivity index (χ0n) is 10.7. The Hall–Kier alpha value is -2.30. The van der Waals surface area contributed by atoms with Crippen molar-refractivity contribution in [3.63, 3.8) is 0 Å². The van der Waals surface area contributed by atoms with E-state index < -0.39 is 0 Å². The number of benzene rings is 1. The number of carbonyl (C=O) groups excluding carboxylic acids is 1. The van der Waals surface area contributed by atoms with E-state index in [1.54, 1.807) is 24.0 Å². The van der Waals surface area contributed by atoms with Gasteiger partial charge in [0.15, 0.2) is 5.82 Å². The molecule has 2 aromatic rings. The van der Waals surface area contributed by atoms with Crippen molar-refractivity contribution in [2.24, 2.45) is 7.05 Å². The van der Waals surface area contributed by atoms with E-state index in [2.05, 4.69) is 10.3 Å². The summed E-state index contributed by atoms with van der Waals surface area (Å²) < 4.78 is 1.68. The maximum atomic E-state index is 11.9. The van der Waals surface area contributed by atoms with Gasteiger partial charge >= 0.3 is 0 Å². The second-order valence-electron chi connectivity index (χ2n) is 4.26. The van der Waals surface area contributed by atoms with Crippen LogP contribution in [0.4, 0.5) is 11.4 Å². The molecule has 1 N–H and O–H groups in total. The third-order valence-electron chi connectivity index (χ3n) is 2.67. The molecule has 0 atom stereocenters. The van der Waals surface area contributed by atoms with Gasteiger partial charge in [0.25, 0.3) is 5.91 Å². The molecule has 0 radical (unpaired) electrons. The molecule has 0 aliphatic heterocycles. The first-order chi connectivity index (χ1) is 8.58. The van der Waals surface area contributed by atoms with Gasteiger partial charge in [0.1, 0.15) is 0 Å². The van der Waals surface area contributed by atoms with Gasteiger partial charge in [-0.15, -0.1) is 0 Å². The molecular formula is C13H16N4O. The molecule has 0 bridgehead atoms. The Labute approximate surface area is 106 Å². The van der Waals surface area contributed by atoms with Crippen molar-refractivity contribution in [2.45, 2.75) is 0 Å². The molecule has 5 heteroatoms. The summed E-state index contributed by atoms with van der Waals surface area (Å²) in [7, 11) is 5.74. The molecule has 0 saturated carbocycles. The van der Waals surface area contributed by atoms with Crippen molar-refractivity contribution in [3.05, 3.63) is 42.5 Å². The average molecular weight is 244 g/mol. The summed E-state index contributed by atoms with van der Waals surface area (Å²) in [5.74, 6) is 0.187. The predicted octanol–water partition coefficient (Wildman–Crippen LogP) is 1.74. The fourth-order valence-corrected chi connectivity index (χ4v) is 1.61. The molecule has 1 aromatic carbocycles. The van der Waals surface area contributed by atoms with Crippen molar-refractivity contribution in [1.82, 2.24) is 9.55 Å². The minimum Gasteiger partial charge on any atom is -0.378 e. The topological polar surface area (TPSA) is 50.2 Å². The van der Waals surface area contributed by atoms with E-state index in [-0.39, 0.29) is 5.91 Å². The van der Waals surface area contributed by atoms with Gasteiger partial charge in [-0.2, -0.15) is 0 Å². The van der Waals surface area contributed by atoms with Crippen LogP contribution >= 0.6 is 0 Å². The van der Waals surface area contributed by atoms with Gasteiger partial charge in [0, 0.05) is 44.9 Å². The molecule has 94 valence electrons. The number of aromatic nitrogens is 2. The third-order valence-corrected chi connectivity index (χ3v) is 2.67. The summed E-state index contributed by atoms with van der Waals surface area (Å²) in [6.07, 6.45) is 3.34. The van der Waals surface area contributed by atoms with Crippen molar-refractivity contribution >= 4 is 17.3 Å². The minimum absolute atomic E-state index is 0.208. The molecule has 0 unspecified atom stereocenters. The second kappa shape index (κ2) is 4.91. The summed E-state index contributed by atoms with van der Waals surface area (Å²) in [5, 5.41) is 2.81. The first-order valence-corrected chi connectivity index (χ1v) is 5.64. The second-order valence-corrected chi connectivity index (χ2v) is 4.26. The van der Waals surface area contributed by atoms with E-state index >= 15 is 0 Å². The molecule has 1 heterocycles. The summed E-state index contributed by atoms with van der Waals surface area (Å²) in [6, 6.07) is 7.65. The highest BCUT2D eigenvalue weighted by Gasteiger charge is 2.10. The van der Waals surface area contributed by atoms with Crippen molar-refractivity contribution in [1.29, 1.82) is 0 Å². The van der Waals surface area contributed by atoms with E-state index in [0.29, 0.717) is 5.82 Å². The van der Waals surface area contributed by atoms with Crippen LogP contribution in [-0.4, -0.2) is 29.6 Å². The van der Waals surface area contributed by atoms with Crippen molar-refractivity contribution < 1.29 is 4.79 Å². The SMILES string of the molecule is CN(C)c1ccc(NC(=O)c2nccn2C)cc1. The maximum Gasteiger partial charge on any atom is 0.291 e. The van der Waals surface area contributed by atoms with Gasteiger partial charge < -0.3 is 14.8 Å². The zero-order valence-corrected chi connectivity index (χ0v) is 10.7. The van der Waals surface area contributed by atoms with Crippen LogP contribution in [0.15, 0.2) is 36.7 Å². The third kappa shape index (κ3) is 2.51. The van der Waals surface area contributed by atoms with Gasteiger partial charge in [0.05, 0.1) is 0 Å². The summed E-state index contributed by atoms with van der Waals surface area (Å²) in [6.45, 7) is 0. The Bertz CT molecular complexity index is 542. The first kappa shape index (κ1) is 12.2. The number of hydrogen-bond acceptors (Lipinski definition) is 3. The quantitative estimate of drug-likeness (QED) is 0.894. The van der Waals surface area contributed by atoms with Crippen LogP contribution in [0, 0.1) is 0 Å². The van der Waals surface area contributed by atoms with Gasteiger partial charge in [-0.05, 0) is 24.3 Å². The number of amides is 1. The van der Waals surface area contributed by atoms with Gasteiger partial charge in [0.2, 0.25) is 0 Å². The minimum atomic E-state index is -0.208. The lowest BCUT2D eigenvalue weighted by atomic mass is 10.2. The Morgan fingerprint density at radius 2 is 1.94 bits per heavy atom. The van der Waals surface area contributed by atoms with E-state index in [4.69, 9.17) is 0 Å². The summed E-state index contributed by atoms with van der Waals surface area (Å²) in [4.78, 5) is 17.9. The molecule has 0 aliphatic rings. The standard InChI is InChI=1S/C13H16N4O/c1-16(2)11-6-4-10(5-7-11)15-13(18)12-14-8-9-17(12)3/h4-9H,1-3H3,(H,15,18). The molecule has 0 spiro atoms.